The Morgan fingerprint density at radius 1 is 1.29 bits per heavy atom. The van der Waals surface area contributed by atoms with Crippen LogP contribution in [0.1, 0.15) is 29.6 Å². The quantitative estimate of drug-likeness (QED) is 0.486. The molecule has 2 heterocycles. The SMILES string of the molecule is Cl.NC1CC[C@H](S(=O)(=O)c2cc3c(cc2Cl)[nH]c(=O)c2[nH]cc(C(=O)O)c23)C1. The van der Waals surface area contributed by atoms with E-state index in [0.29, 0.717) is 24.6 Å². The van der Waals surface area contributed by atoms with Crippen LogP contribution in [0.5, 0.6) is 0 Å². The molecule has 11 heteroatoms. The zero-order valence-electron chi connectivity index (χ0n) is 14.4. The topological polar surface area (TPSA) is 146 Å². The molecule has 28 heavy (non-hydrogen) atoms. The summed E-state index contributed by atoms with van der Waals surface area (Å²) in [6.07, 6.45) is 2.62. The van der Waals surface area contributed by atoms with Crippen LogP contribution >= 0.6 is 24.0 Å². The molecule has 3 aromatic rings. The van der Waals surface area contributed by atoms with Gasteiger partial charge in [-0.3, -0.25) is 4.79 Å². The highest BCUT2D eigenvalue weighted by Gasteiger charge is 2.35. The number of carboxylic acids is 1. The fourth-order valence-electron chi connectivity index (χ4n) is 3.75. The number of hydrogen-bond acceptors (Lipinski definition) is 5. The van der Waals surface area contributed by atoms with Crippen LogP contribution in [0.4, 0.5) is 0 Å². The second-order valence-electron chi connectivity index (χ2n) is 6.78. The van der Waals surface area contributed by atoms with Gasteiger partial charge in [-0.1, -0.05) is 11.6 Å². The first-order chi connectivity index (χ1) is 12.7. The van der Waals surface area contributed by atoms with Crippen molar-refractivity contribution in [1.82, 2.24) is 9.97 Å². The molecule has 0 saturated heterocycles. The standard InChI is InChI=1S/C17H16ClN3O5S.ClH/c18-11-5-12-9(4-13(11)27(25,26)8-2-1-7(19)3-8)14-10(17(23)24)6-20-15(14)16(22)21-12;/h4-8,20H,1-3,19H2,(H,21,22)(H,23,24);1H/t7?,8-;/m0./s1. The number of aromatic carboxylic acids is 1. The Bertz CT molecular complexity index is 1270. The minimum Gasteiger partial charge on any atom is -0.478 e. The average Bonchev–Trinajstić information content (AvgIpc) is 3.21. The second kappa shape index (κ2) is 7.07. The highest BCUT2D eigenvalue weighted by atomic mass is 35.5. The first-order valence-electron chi connectivity index (χ1n) is 8.29. The highest BCUT2D eigenvalue weighted by molar-refractivity contribution is 7.92. The number of rotatable bonds is 3. The van der Waals surface area contributed by atoms with Crippen LogP contribution in [0.3, 0.4) is 0 Å². The van der Waals surface area contributed by atoms with Crippen molar-refractivity contribution >= 4 is 61.6 Å². The summed E-state index contributed by atoms with van der Waals surface area (Å²) in [5.74, 6) is -1.23. The first-order valence-corrected chi connectivity index (χ1v) is 10.2. The Balaban J connectivity index is 0.00000225. The number of aromatic amines is 2. The third-order valence-corrected chi connectivity index (χ3v) is 7.78. The molecule has 0 spiro atoms. The molecule has 0 bridgehead atoms. The molecule has 1 aromatic carbocycles. The predicted octanol–water partition coefficient (Wildman–Crippen LogP) is 2.44. The van der Waals surface area contributed by atoms with Crippen molar-refractivity contribution in [3.8, 4) is 0 Å². The van der Waals surface area contributed by atoms with E-state index >= 15 is 0 Å². The van der Waals surface area contributed by atoms with Crippen LogP contribution in [0.2, 0.25) is 5.02 Å². The summed E-state index contributed by atoms with van der Waals surface area (Å²) in [4.78, 5) is 28.9. The number of carboxylic acid groups (broad SMARTS) is 1. The lowest BCUT2D eigenvalue weighted by molar-refractivity contribution is 0.0699. The van der Waals surface area contributed by atoms with E-state index < -0.39 is 26.6 Å². The van der Waals surface area contributed by atoms with E-state index in [-0.39, 0.29) is 50.4 Å². The molecule has 1 aliphatic rings. The van der Waals surface area contributed by atoms with Crippen LogP contribution in [0.15, 0.2) is 28.0 Å². The monoisotopic (exact) mass is 445 g/mol. The van der Waals surface area contributed by atoms with Crippen molar-refractivity contribution < 1.29 is 18.3 Å². The molecule has 1 fully saturated rings. The zero-order chi connectivity index (χ0) is 19.5. The van der Waals surface area contributed by atoms with Crippen LogP contribution in [-0.2, 0) is 9.84 Å². The molecule has 2 atom stereocenters. The van der Waals surface area contributed by atoms with Gasteiger partial charge in [0.25, 0.3) is 5.56 Å². The van der Waals surface area contributed by atoms with Crippen LogP contribution in [0.25, 0.3) is 21.8 Å². The summed E-state index contributed by atoms with van der Waals surface area (Å²) < 4.78 is 26.1. The average molecular weight is 446 g/mol. The number of hydrogen-bond donors (Lipinski definition) is 4. The second-order valence-corrected chi connectivity index (χ2v) is 9.38. The van der Waals surface area contributed by atoms with Crippen molar-refractivity contribution in [2.24, 2.45) is 5.73 Å². The summed E-state index contributed by atoms with van der Waals surface area (Å²) in [6, 6.07) is 2.52. The fourth-order valence-corrected chi connectivity index (χ4v) is 6.16. The number of nitrogens with two attached hydrogens (primary N) is 1. The maximum Gasteiger partial charge on any atom is 0.337 e. The number of fused-ring (bicyclic) bond motifs is 3. The molecule has 150 valence electrons. The van der Waals surface area contributed by atoms with Crippen molar-refractivity contribution in [3.63, 3.8) is 0 Å². The van der Waals surface area contributed by atoms with Crippen LogP contribution in [-0.4, -0.2) is 40.8 Å². The van der Waals surface area contributed by atoms with Gasteiger partial charge in [0, 0.05) is 23.0 Å². The van der Waals surface area contributed by atoms with Gasteiger partial charge in [-0.2, -0.15) is 0 Å². The number of carbonyl (C=O) groups is 1. The Kier molecular flexibility index (Phi) is 5.22. The smallest absolute Gasteiger partial charge is 0.337 e. The lowest BCUT2D eigenvalue weighted by Crippen LogP contribution is -2.22. The van der Waals surface area contributed by atoms with Crippen LogP contribution in [0, 0.1) is 0 Å². The molecule has 1 saturated carbocycles. The molecular formula is C17H17Cl2N3O5S. The van der Waals surface area contributed by atoms with E-state index in [9.17, 15) is 23.1 Å². The lowest BCUT2D eigenvalue weighted by Gasteiger charge is -2.14. The third-order valence-electron chi connectivity index (χ3n) is 5.10. The van der Waals surface area contributed by atoms with Gasteiger partial charge >= 0.3 is 5.97 Å². The van der Waals surface area contributed by atoms with E-state index in [1.807, 2.05) is 0 Å². The minimum absolute atomic E-state index is 0. The number of benzene rings is 1. The Hall–Kier alpha value is -2.07. The van der Waals surface area contributed by atoms with Gasteiger partial charge in [-0.05, 0) is 31.4 Å². The number of H-pyrrole nitrogens is 2. The largest absolute Gasteiger partial charge is 0.478 e. The molecule has 0 amide bonds. The fraction of sp³-hybridized carbons (Fsp3) is 0.294. The molecular weight excluding hydrogens is 429 g/mol. The number of sulfone groups is 1. The summed E-state index contributed by atoms with van der Waals surface area (Å²) in [6.45, 7) is 0. The van der Waals surface area contributed by atoms with Gasteiger partial charge in [0.2, 0.25) is 0 Å². The van der Waals surface area contributed by atoms with Crippen molar-refractivity contribution in [3.05, 3.63) is 39.3 Å². The minimum atomic E-state index is -3.75. The van der Waals surface area contributed by atoms with Crippen molar-refractivity contribution in [1.29, 1.82) is 0 Å². The lowest BCUT2D eigenvalue weighted by atomic mass is 10.1. The molecule has 0 aliphatic heterocycles. The van der Waals surface area contributed by atoms with Gasteiger partial charge < -0.3 is 20.8 Å². The maximum absolute atomic E-state index is 13.1. The van der Waals surface area contributed by atoms with Gasteiger partial charge in [-0.25, -0.2) is 13.2 Å². The number of nitrogens with one attached hydrogen (secondary N) is 2. The van der Waals surface area contributed by atoms with E-state index in [2.05, 4.69) is 9.97 Å². The van der Waals surface area contributed by atoms with Crippen molar-refractivity contribution in [2.75, 3.05) is 0 Å². The Morgan fingerprint density at radius 3 is 2.61 bits per heavy atom. The molecule has 0 radical (unpaired) electrons. The summed E-state index contributed by atoms with van der Waals surface area (Å²) >= 11 is 6.23. The first kappa shape index (κ1) is 20.7. The summed E-state index contributed by atoms with van der Waals surface area (Å²) in [5.41, 5.74) is 5.55. The highest BCUT2D eigenvalue weighted by Crippen LogP contribution is 2.36. The normalized spacial score (nSPS) is 19.8. The molecule has 1 unspecified atom stereocenters. The summed E-state index contributed by atoms with van der Waals surface area (Å²) in [7, 11) is -3.75. The Labute approximate surface area is 170 Å². The molecule has 2 aromatic heterocycles. The molecule has 8 nitrogen and oxygen atoms in total. The van der Waals surface area contributed by atoms with Gasteiger partial charge in [-0.15, -0.1) is 12.4 Å². The van der Waals surface area contributed by atoms with Gasteiger partial charge in [0.1, 0.15) is 5.52 Å². The maximum atomic E-state index is 13.1. The third kappa shape index (κ3) is 3.08. The zero-order valence-corrected chi connectivity index (χ0v) is 16.7. The number of aromatic nitrogens is 2. The predicted molar refractivity (Wildman–Crippen MR) is 108 cm³/mol. The molecule has 5 N–H and O–H groups in total. The van der Waals surface area contributed by atoms with Crippen molar-refractivity contribution in [2.45, 2.75) is 35.4 Å². The van der Waals surface area contributed by atoms with E-state index in [0.717, 1.165) is 0 Å². The number of halogens is 2. The molecule has 4 rings (SSSR count). The van der Waals surface area contributed by atoms with Crippen LogP contribution < -0.4 is 11.3 Å². The van der Waals surface area contributed by atoms with E-state index in [1.54, 1.807) is 0 Å². The summed E-state index contributed by atoms with van der Waals surface area (Å²) in [5, 5.41) is 9.21. The van der Waals surface area contributed by atoms with E-state index in [4.69, 9.17) is 17.3 Å². The molecule has 1 aliphatic carbocycles. The van der Waals surface area contributed by atoms with Gasteiger partial charge in [0.05, 0.1) is 26.2 Å². The van der Waals surface area contributed by atoms with Gasteiger partial charge in [0.15, 0.2) is 9.84 Å². The number of pyridine rings is 1. The van der Waals surface area contributed by atoms with E-state index in [1.165, 1.54) is 18.3 Å². The Morgan fingerprint density at radius 2 is 2.00 bits per heavy atom.